The Morgan fingerprint density at radius 3 is 1.85 bits per heavy atom. The Bertz CT molecular complexity index is 1350. The number of esters is 3. The number of amides is 2. The van der Waals surface area contributed by atoms with E-state index in [0.717, 1.165) is 22.1 Å². The number of carbonyl (C=O) groups is 4. The number of thiazole rings is 1. The number of ether oxygens (including phenoxy) is 3. The molecule has 1 aromatic carbocycles. The van der Waals surface area contributed by atoms with E-state index >= 15 is 0 Å². The van der Waals surface area contributed by atoms with Crippen LogP contribution in [-0.2, 0) is 28.6 Å². The van der Waals surface area contributed by atoms with Gasteiger partial charge in [-0.1, -0.05) is 12.1 Å². The molecule has 3 N–H and O–H groups in total. The maximum Gasteiger partial charge on any atom is 0.329 e. The first kappa shape index (κ1) is 39.2. The molecular weight excluding hydrogens is 622 g/mol. The van der Waals surface area contributed by atoms with Crippen LogP contribution in [0.5, 0.6) is 0 Å². The first-order chi connectivity index (χ1) is 21.7. The van der Waals surface area contributed by atoms with Crippen LogP contribution >= 0.6 is 11.3 Å². The van der Waals surface area contributed by atoms with Crippen molar-refractivity contribution in [2.75, 3.05) is 11.9 Å². The number of aromatic nitrogens is 1. The lowest BCUT2D eigenvalue weighted by Gasteiger charge is -2.27. The fraction of sp³-hybridized carbons (Fsp3) is 0.588. The summed E-state index contributed by atoms with van der Waals surface area (Å²) in [5.74, 6) is -1.81. The van der Waals surface area contributed by atoms with E-state index in [1.807, 2.05) is 29.6 Å². The van der Waals surface area contributed by atoms with Crippen LogP contribution in [0.25, 0.3) is 11.3 Å². The van der Waals surface area contributed by atoms with Crippen molar-refractivity contribution in [3.8, 4) is 11.3 Å². The zero-order chi connectivity index (χ0) is 35.4. The number of anilines is 1. The third kappa shape index (κ3) is 15.9. The molecule has 12 nitrogen and oxygen atoms in total. The molecule has 2 amide bonds. The van der Waals surface area contributed by atoms with Gasteiger partial charge in [-0.3, -0.25) is 9.79 Å². The van der Waals surface area contributed by atoms with Gasteiger partial charge in [0.1, 0.15) is 28.9 Å². The van der Waals surface area contributed by atoms with E-state index in [4.69, 9.17) is 14.2 Å². The molecular formula is C34H51N5O7S. The van der Waals surface area contributed by atoms with Gasteiger partial charge in [0, 0.05) is 23.9 Å². The Balaban J connectivity index is 2.00. The van der Waals surface area contributed by atoms with Crippen molar-refractivity contribution in [2.45, 2.75) is 123 Å². The van der Waals surface area contributed by atoms with Gasteiger partial charge in [-0.2, -0.15) is 0 Å². The molecule has 0 aliphatic heterocycles. The van der Waals surface area contributed by atoms with Gasteiger partial charge < -0.3 is 30.2 Å². The second-order valence-electron chi connectivity index (χ2n) is 14.1. The van der Waals surface area contributed by atoms with Crippen molar-refractivity contribution in [3.05, 3.63) is 29.6 Å². The summed E-state index contributed by atoms with van der Waals surface area (Å²) >= 11 is 1.49. The smallest absolute Gasteiger partial charge is 0.329 e. The van der Waals surface area contributed by atoms with Gasteiger partial charge >= 0.3 is 23.9 Å². The number of nitrogens with one attached hydrogen (secondary N) is 3. The molecule has 2 atom stereocenters. The molecule has 0 fully saturated rings. The normalized spacial score (nSPS) is 13.1. The van der Waals surface area contributed by atoms with Gasteiger partial charge in [-0.05, 0) is 107 Å². The number of unbranched alkanes of at least 4 members (excludes halogenated alkanes) is 1. The van der Waals surface area contributed by atoms with E-state index in [0.29, 0.717) is 25.8 Å². The molecule has 0 saturated carbocycles. The number of carbonyl (C=O) groups excluding carboxylic acids is 4. The van der Waals surface area contributed by atoms with Crippen molar-refractivity contribution in [3.63, 3.8) is 0 Å². The van der Waals surface area contributed by atoms with Gasteiger partial charge in [-0.15, -0.1) is 11.3 Å². The Morgan fingerprint density at radius 1 is 0.809 bits per heavy atom. The molecule has 2 rings (SSSR count). The molecule has 260 valence electrons. The van der Waals surface area contributed by atoms with Gasteiger partial charge in [-0.25, -0.2) is 19.4 Å². The highest BCUT2D eigenvalue weighted by atomic mass is 32.1. The molecule has 0 aliphatic rings. The van der Waals surface area contributed by atoms with Crippen molar-refractivity contribution in [1.82, 2.24) is 15.6 Å². The topological polar surface area (TPSA) is 157 Å². The fourth-order valence-electron chi connectivity index (χ4n) is 4.15. The van der Waals surface area contributed by atoms with Gasteiger partial charge in [0.15, 0.2) is 5.13 Å². The minimum absolute atomic E-state index is 0.0458. The number of benzene rings is 1. The summed E-state index contributed by atoms with van der Waals surface area (Å²) in [6, 6.07) is 4.77. The highest BCUT2D eigenvalue weighted by Gasteiger charge is 2.31. The van der Waals surface area contributed by atoms with E-state index in [-0.39, 0.29) is 12.8 Å². The number of rotatable bonds is 15. The van der Waals surface area contributed by atoms with Gasteiger partial charge in [0.25, 0.3) is 0 Å². The summed E-state index contributed by atoms with van der Waals surface area (Å²) in [5.41, 5.74) is 0.335. The lowest BCUT2D eigenvalue weighted by Crippen LogP contribution is -2.53. The second kappa shape index (κ2) is 17.2. The lowest BCUT2D eigenvalue weighted by atomic mass is 10.1. The molecule has 0 radical (unpaired) electrons. The molecule has 0 unspecified atom stereocenters. The van der Waals surface area contributed by atoms with E-state index in [1.54, 1.807) is 62.3 Å². The van der Waals surface area contributed by atoms with Crippen LogP contribution in [0.15, 0.2) is 34.6 Å². The van der Waals surface area contributed by atoms with E-state index in [9.17, 15) is 19.2 Å². The largest absolute Gasteiger partial charge is 0.460 e. The molecule has 2 aromatic rings. The summed E-state index contributed by atoms with van der Waals surface area (Å²) in [5, 5.41) is 11.3. The molecule has 0 aliphatic carbocycles. The summed E-state index contributed by atoms with van der Waals surface area (Å²) in [4.78, 5) is 60.0. The maximum atomic E-state index is 13.1. The Morgan fingerprint density at radius 2 is 1.34 bits per heavy atom. The van der Waals surface area contributed by atoms with Crippen LogP contribution in [-0.4, -0.2) is 71.1 Å². The molecule has 1 aromatic heterocycles. The molecule has 13 heteroatoms. The number of nitrogens with zero attached hydrogens (tertiary/aromatic N) is 2. The number of hydrogen-bond acceptors (Lipinski definition) is 11. The minimum Gasteiger partial charge on any atom is -0.460 e. The summed E-state index contributed by atoms with van der Waals surface area (Å²) in [6.45, 7) is 19.7. The molecule has 47 heavy (non-hydrogen) atoms. The second-order valence-corrected chi connectivity index (χ2v) is 14.9. The lowest BCUT2D eigenvalue weighted by molar-refractivity contribution is -0.159. The van der Waals surface area contributed by atoms with Crippen LogP contribution in [0.1, 0.15) is 94.4 Å². The average molecular weight is 674 g/mol. The SMILES string of the molecule is C=Nc1ccc(-c2csc(NCCCC[C@H](NC(=O)N[C@@H](CCC(=O)OC(C)(C)C)C(=O)OC(C)(C)C)C(=O)OC(C)(C)C)n2)cc1. The molecule has 0 spiro atoms. The van der Waals surface area contributed by atoms with Crippen LogP contribution in [0, 0.1) is 0 Å². The summed E-state index contributed by atoms with van der Waals surface area (Å²) in [7, 11) is 0. The van der Waals surface area contributed by atoms with Crippen molar-refractivity contribution < 1.29 is 33.4 Å². The monoisotopic (exact) mass is 673 g/mol. The third-order valence-electron chi connectivity index (χ3n) is 6.10. The molecule has 0 saturated heterocycles. The predicted octanol–water partition coefficient (Wildman–Crippen LogP) is 6.57. The van der Waals surface area contributed by atoms with Crippen LogP contribution in [0.2, 0.25) is 0 Å². The number of aliphatic imine (C=N–C) groups is 1. The zero-order valence-corrected chi connectivity index (χ0v) is 30.0. The Kier molecular flexibility index (Phi) is 14.4. The van der Waals surface area contributed by atoms with E-state index in [1.165, 1.54) is 11.3 Å². The highest BCUT2D eigenvalue weighted by molar-refractivity contribution is 7.14. The van der Waals surface area contributed by atoms with E-state index < -0.39 is 52.8 Å². The van der Waals surface area contributed by atoms with Crippen LogP contribution in [0.4, 0.5) is 15.6 Å². The maximum absolute atomic E-state index is 13.1. The van der Waals surface area contributed by atoms with Crippen LogP contribution < -0.4 is 16.0 Å². The van der Waals surface area contributed by atoms with Crippen molar-refractivity contribution in [2.24, 2.45) is 4.99 Å². The third-order valence-corrected chi connectivity index (χ3v) is 6.90. The Labute approximate surface area is 282 Å². The first-order valence-electron chi connectivity index (χ1n) is 15.8. The standard InChI is InChI=1S/C34H51N5O7S/c1-32(2,3)44-27(40)19-18-25(29(42)46-34(7,8)9)38-30(43)37-24(28(41)45-33(4,5)6)13-11-12-20-36-31-39-26(21-47-31)22-14-16-23(35-10)17-15-22/h14-17,21,24-25H,10-13,18-20H2,1-9H3,(H,36,39)(H2,37,38,43)/t24-,25-/m0/s1. The van der Waals surface area contributed by atoms with Crippen molar-refractivity contribution >= 4 is 52.8 Å². The first-order valence-corrected chi connectivity index (χ1v) is 16.6. The number of urea groups is 1. The Hall–Kier alpha value is -4.00. The van der Waals surface area contributed by atoms with Crippen molar-refractivity contribution in [1.29, 1.82) is 0 Å². The highest BCUT2D eigenvalue weighted by Crippen LogP contribution is 2.26. The summed E-state index contributed by atoms with van der Waals surface area (Å²) < 4.78 is 16.4. The van der Waals surface area contributed by atoms with E-state index in [2.05, 4.69) is 32.6 Å². The summed E-state index contributed by atoms with van der Waals surface area (Å²) in [6.07, 6.45) is 1.40. The molecule has 1 heterocycles. The fourth-order valence-corrected chi connectivity index (χ4v) is 4.90. The minimum atomic E-state index is -1.15. The van der Waals surface area contributed by atoms with Gasteiger partial charge in [0.2, 0.25) is 0 Å². The quantitative estimate of drug-likeness (QED) is 0.0824. The molecule has 0 bridgehead atoms. The zero-order valence-electron chi connectivity index (χ0n) is 29.2. The number of hydrogen-bond donors (Lipinski definition) is 3. The average Bonchev–Trinajstić information content (AvgIpc) is 3.40. The van der Waals surface area contributed by atoms with Crippen LogP contribution in [0.3, 0.4) is 0 Å². The van der Waals surface area contributed by atoms with Gasteiger partial charge in [0.05, 0.1) is 11.4 Å². The predicted molar refractivity (Wildman–Crippen MR) is 185 cm³/mol.